The van der Waals surface area contributed by atoms with Gasteiger partial charge in [-0.1, -0.05) is 0 Å². The molecule has 0 aromatic carbocycles. The van der Waals surface area contributed by atoms with Gasteiger partial charge in [-0.3, -0.25) is 0 Å². The van der Waals surface area contributed by atoms with Crippen molar-refractivity contribution < 1.29 is 0 Å². The minimum Gasteiger partial charge on any atom is -0.383 e. The number of rotatable bonds is 2. The van der Waals surface area contributed by atoms with Crippen LogP contribution in [0.1, 0.15) is 24.5 Å². The van der Waals surface area contributed by atoms with E-state index < -0.39 is 0 Å². The molecule has 1 aliphatic rings. The van der Waals surface area contributed by atoms with E-state index in [1.165, 1.54) is 12.8 Å². The van der Waals surface area contributed by atoms with E-state index in [2.05, 4.69) is 32.6 Å². The molecule has 76 valence electrons. The maximum atomic E-state index is 5.84. The summed E-state index contributed by atoms with van der Waals surface area (Å²) in [7, 11) is 3.86. The Balaban J connectivity index is 2.46. The van der Waals surface area contributed by atoms with Gasteiger partial charge in [0.05, 0.1) is 9.26 Å². The Kier molecular flexibility index (Phi) is 2.50. The van der Waals surface area contributed by atoms with Gasteiger partial charge in [-0.2, -0.15) is 4.98 Å². The number of nitrogens with zero attached hydrogens (tertiary/aromatic N) is 3. The third-order valence-corrected chi connectivity index (χ3v) is 3.36. The van der Waals surface area contributed by atoms with Gasteiger partial charge in [-0.05, 0) is 35.4 Å². The van der Waals surface area contributed by atoms with Crippen molar-refractivity contribution in [2.75, 3.05) is 24.7 Å². The third kappa shape index (κ3) is 1.77. The molecule has 1 saturated carbocycles. The fourth-order valence-corrected chi connectivity index (χ4v) is 1.98. The first-order chi connectivity index (χ1) is 6.59. The van der Waals surface area contributed by atoms with Crippen LogP contribution in [0, 0.1) is 3.57 Å². The quantitative estimate of drug-likeness (QED) is 0.843. The third-order valence-electron chi connectivity index (χ3n) is 2.25. The molecule has 1 aromatic rings. The topological polar surface area (TPSA) is 55.0 Å². The lowest BCUT2D eigenvalue weighted by molar-refractivity contribution is 0.927. The summed E-state index contributed by atoms with van der Waals surface area (Å²) in [5, 5.41) is 0. The molecule has 0 unspecified atom stereocenters. The van der Waals surface area contributed by atoms with Crippen molar-refractivity contribution >= 4 is 34.4 Å². The van der Waals surface area contributed by atoms with Crippen molar-refractivity contribution in [3.05, 3.63) is 9.26 Å². The van der Waals surface area contributed by atoms with Crippen molar-refractivity contribution in [1.82, 2.24) is 9.97 Å². The lowest BCUT2D eigenvalue weighted by atomic mass is 10.3. The zero-order valence-corrected chi connectivity index (χ0v) is 10.4. The van der Waals surface area contributed by atoms with Crippen molar-refractivity contribution in [2.45, 2.75) is 18.8 Å². The van der Waals surface area contributed by atoms with Crippen molar-refractivity contribution in [1.29, 1.82) is 0 Å². The summed E-state index contributed by atoms with van der Waals surface area (Å²) in [4.78, 5) is 10.6. The molecular weight excluding hydrogens is 291 g/mol. The van der Waals surface area contributed by atoms with Gasteiger partial charge in [-0.25, -0.2) is 4.98 Å². The van der Waals surface area contributed by atoms with Crippen LogP contribution in [-0.4, -0.2) is 24.1 Å². The average molecular weight is 304 g/mol. The van der Waals surface area contributed by atoms with Gasteiger partial charge in [0.15, 0.2) is 0 Å². The molecule has 0 amide bonds. The standard InChI is InChI=1S/C9H13IN4/c1-14(2)9-12-7(5-3-4-5)6(10)8(11)13-9/h5H,3-4H2,1-2H3,(H2,11,12,13). The van der Waals surface area contributed by atoms with Crippen LogP contribution in [0.4, 0.5) is 11.8 Å². The van der Waals surface area contributed by atoms with E-state index >= 15 is 0 Å². The summed E-state index contributed by atoms with van der Waals surface area (Å²) in [6.45, 7) is 0. The number of halogens is 1. The highest BCUT2D eigenvalue weighted by molar-refractivity contribution is 14.1. The molecule has 1 aromatic heterocycles. The van der Waals surface area contributed by atoms with Crippen LogP contribution in [0.5, 0.6) is 0 Å². The summed E-state index contributed by atoms with van der Waals surface area (Å²) in [6, 6.07) is 0. The summed E-state index contributed by atoms with van der Waals surface area (Å²) in [6.07, 6.45) is 2.47. The van der Waals surface area contributed by atoms with Gasteiger partial charge >= 0.3 is 0 Å². The molecule has 2 N–H and O–H groups in total. The normalized spacial score (nSPS) is 15.6. The number of hydrogen-bond donors (Lipinski definition) is 1. The molecule has 4 nitrogen and oxygen atoms in total. The highest BCUT2D eigenvalue weighted by Crippen LogP contribution is 2.42. The van der Waals surface area contributed by atoms with E-state index in [4.69, 9.17) is 5.73 Å². The van der Waals surface area contributed by atoms with Gasteiger partial charge < -0.3 is 10.6 Å². The van der Waals surface area contributed by atoms with Crippen LogP contribution in [0.2, 0.25) is 0 Å². The predicted molar refractivity (Wildman–Crippen MR) is 65.5 cm³/mol. The Hall–Kier alpha value is -0.590. The molecule has 0 aliphatic heterocycles. The molecule has 1 fully saturated rings. The monoisotopic (exact) mass is 304 g/mol. The lowest BCUT2D eigenvalue weighted by Crippen LogP contribution is -2.15. The van der Waals surface area contributed by atoms with Gasteiger partial charge in [0.2, 0.25) is 5.95 Å². The predicted octanol–water partition coefficient (Wildman–Crippen LogP) is 1.61. The molecule has 2 rings (SSSR count). The Morgan fingerprint density at radius 1 is 1.36 bits per heavy atom. The molecule has 0 atom stereocenters. The Morgan fingerprint density at radius 3 is 2.50 bits per heavy atom. The van der Waals surface area contributed by atoms with E-state index in [9.17, 15) is 0 Å². The number of nitrogen functional groups attached to an aromatic ring is 1. The van der Waals surface area contributed by atoms with Crippen LogP contribution >= 0.6 is 22.6 Å². The van der Waals surface area contributed by atoms with E-state index in [0.29, 0.717) is 17.7 Å². The second kappa shape index (κ2) is 3.52. The second-order valence-corrected chi connectivity index (χ2v) is 4.86. The first kappa shape index (κ1) is 9.95. The minimum absolute atomic E-state index is 0.603. The molecular formula is C9H13IN4. The Labute approximate surface area is 97.1 Å². The maximum Gasteiger partial charge on any atom is 0.227 e. The zero-order valence-electron chi connectivity index (χ0n) is 8.29. The molecule has 0 spiro atoms. The van der Waals surface area contributed by atoms with Gasteiger partial charge in [0.1, 0.15) is 5.82 Å². The lowest BCUT2D eigenvalue weighted by Gasteiger charge is -2.13. The molecule has 0 bridgehead atoms. The summed E-state index contributed by atoms with van der Waals surface area (Å²) in [5.41, 5.74) is 6.97. The van der Waals surface area contributed by atoms with Crippen molar-refractivity contribution in [3.8, 4) is 0 Å². The fraction of sp³-hybridized carbons (Fsp3) is 0.556. The van der Waals surface area contributed by atoms with Gasteiger partial charge in [-0.15, -0.1) is 0 Å². The van der Waals surface area contributed by atoms with E-state index in [1.54, 1.807) is 0 Å². The molecule has 5 heteroatoms. The SMILES string of the molecule is CN(C)c1nc(N)c(I)c(C2CC2)n1. The minimum atomic E-state index is 0.603. The maximum absolute atomic E-state index is 5.84. The summed E-state index contributed by atoms with van der Waals surface area (Å²) in [5.74, 6) is 1.93. The molecule has 14 heavy (non-hydrogen) atoms. The van der Waals surface area contributed by atoms with E-state index in [0.717, 1.165) is 9.26 Å². The Morgan fingerprint density at radius 2 is 2.00 bits per heavy atom. The highest BCUT2D eigenvalue weighted by Gasteiger charge is 2.29. The zero-order chi connectivity index (χ0) is 10.3. The number of aromatic nitrogens is 2. The average Bonchev–Trinajstić information content (AvgIpc) is 2.92. The number of anilines is 2. The van der Waals surface area contributed by atoms with E-state index in [-0.39, 0.29) is 0 Å². The number of nitrogens with two attached hydrogens (primary N) is 1. The fourth-order valence-electron chi connectivity index (χ4n) is 1.30. The van der Waals surface area contributed by atoms with Gasteiger partial charge in [0, 0.05) is 20.0 Å². The van der Waals surface area contributed by atoms with Crippen molar-refractivity contribution in [2.24, 2.45) is 0 Å². The van der Waals surface area contributed by atoms with Crippen LogP contribution in [0.25, 0.3) is 0 Å². The largest absolute Gasteiger partial charge is 0.383 e. The van der Waals surface area contributed by atoms with Crippen LogP contribution < -0.4 is 10.6 Å². The van der Waals surface area contributed by atoms with Crippen molar-refractivity contribution in [3.63, 3.8) is 0 Å². The molecule has 1 aliphatic carbocycles. The second-order valence-electron chi connectivity index (χ2n) is 3.78. The van der Waals surface area contributed by atoms with Gasteiger partial charge in [0.25, 0.3) is 0 Å². The first-order valence-corrected chi connectivity index (χ1v) is 5.67. The highest BCUT2D eigenvalue weighted by atomic mass is 127. The van der Waals surface area contributed by atoms with E-state index in [1.807, 2.05) is 19.0 Å². The number of hydrogen-bond acceptors (Lipinski definition) is 4. The molecule has 0 saturated heterocycles. The van der Waals surface area contributed by atoms with Crippen LogP contribution in [0.3, 0.4) is 0 Å². The molecule has 1 heterocycles. The van der Waals surface area contributed by atoms with Crippen LogP contribution in [0.15, 0.2) is 0 Å². The Bertz CT molecular complexity index is 360. The summed E-state index contributed by atoms with van der Waals surface area (Å²) >= 11 is 2.23. The first-order valence-electron chi connectivity index (χ1n) is 4.60. The van der Waals surface area contributed by atoms with Crippen LogP contribution in [-0.2, 0) is 0 Å². The smallest absolute Gasteiger partial charge is 0.227 e. The molecule has 0 radical (unpaired) electrons. The summed E-state index contributed by atoms with van der Waals surface area (Å²) < 4.78 is 1.02.